The number of nitrogens with zero attached hydrogens (tertiary/aromatic N) is 1. The molecule has 2 aromatic rings. The Labute approximate surface area is 156 Å². The third-order valence-corrected chi connectivity index (χ3v) is 4.30. The zero-order valence-corrected chi connectivity index (χ0v) is 15.0. The summed E-state index contributed by atoms with van der Waals surface area (Å²) in [7, 11) is 1.57. The fraction of sp³-hybridized carbons (Fsp3) is 0.263. The number of halogens is 1. The molecule has 1 aliphatic heterocycles. The van der Waals surface area contributed by atoms with Crippen LogP contribution in [0.4, 0.5) is 10.5 Å². The van der Waals surface area contributed by atoms with Gasteiger partial charge < -0.3 is 14.8 Å². The van der Waals surface area contributed by atoms with Crippen molar-refractivity contribution in [3.63, 3.8) is 0 Å². The Morgan fingerprint density at radius 3 is 2.81 bits per heavy atom. The van der Waals surface area contributed by atoms with Crippen LogP contribution in [0.5, 0.6) is 5.75 Å². The highest BCUT2D eigenvalue weighted by atomic mass is 35.5. The van der Waals surface area contributed by atoms with Crippen molar-refractivity contribution in [1.82, 2.24) is 5.32 Å². The maximum atomic E-state index is 12.1. The molecule has 0 radical (unpaired) electrons. The first-order chi connectivity index (χ1) is 12.5. The van der Waals surface area contributed by atoms with E-state index in [1.165, 1.54) is 4.90 Å². The van der Waals surface area contributed by atoms with Crippen LogP contribution in [0.2, 0.25) is 5.02 Å². The number of benzene rings is 2. The predicted octanol–water partition coefficient (Wildman–Crippen LogP) is 3.03. The standard InChI is InChI=1S/C19H19ClN2O4/c1-25-16-4-2-3-15(10-16)22-12-17(26-19(22)24)11-21-18(23)9-13-5-7-14(20)8-6-13/h2-8,10,17H,9,11-12H2,1H3,(H,21,23). The van der Waals surface area contributed by atoms with E-state index >= 15 is 0 Å². The quantitative estimate of drug-likeness (QED) is 0.843. The van der Waals surface area contributed by atoms with Gasteiger partial charge in [0.2, 0.25) is 5.91 Å². The second kappa shape index (κ2) is 8.10. The molecule has 1 N–H and O–H groups in total. The average molecular weight is 375 g/mol. The number of nitrogens with one attached hydrogen (secondary N) is 1. The Bertz CT molecular complexity index is 794. The summed E-state index contributed by atoms with van der Waals surface area (Å²) >= 11 is 5.83. The van der Waals surface area contributed by atoms with E-state index in [1.807, 2.05) is 24.3 Å². The molecule has 0 bridgehead atoms. The number of hydrogen-bond donors (Lipinski definition) is 1. The maximum Gasteiger partial charge on any atom is 0.414 e. The molecule has 0 spiro atoms. The lowest BCUT2D eigenvalue weighted by Gasteiger charge is -2.14. The van der Waals surface area contributed by atoms with Crippen molar-refractivity contribution in [3.05, 3.63) is 59.1 Å². The van der Waals surface area contributed by atoms with Crippen molar-refractivity contribution in [1.29, 1.82) is 0 Å². The lowest BCUT2D eigenvalue weighted by atomic mass is 10.1. The summed E-state index contributed by atoms with van der Waals surface area (Å²) in [5.41, 5.74) is 1.57. The minimum atomic E-state index is -0.435. The molecular formula is C19H19ClN2O4. The molecule has 1 unspecified atom stereocenters. The number of amides is 2. The second-order valence-electron chi connectivity index (χ2n) is 5.93. The molecule has 1 aliphatic rings. The fourth-order valence-corrected chi connectivity index (χ4v) is 2.82. The summed E-state index contributed by atoms with van der Waals surface area (Å²) < 4.78 is 10.5. The van der Waals surface area contributed by atoms with Crippen molar-refractivity contribution in [2.45, 2.75) is 12.5 Å². The molecule has 136 valence electrons. The van der Waals surface area contributed by atoms with Crippen LogP contribution in [0, 0.1) is 0 Å². The molecule has 3 rings (SSSR count). The Morgan fingerprint density at radius 1 is 1.31 bits per heavy atom. The van der Waals surface area contributed by atoms with E-state index in [2.05, 4.69) is 5.32 Å². The molecule has 1 heterocycles. The SMILES string of the molecule is COc1cccc(N2CC(CNC(=O)Cc3ccc(Cl)cc3)OC2=O)c1. The van der Waals surface area contributed by atoms with E-state index in [0.29, 0.717) is 23.0 Å². The number of carbonyl (C=O) groups is 2. The zero-order chi connectivity index (χ0) is 18.5. The third-order valence-electron chi connectivity index (χ3n) is 4.04. The first-order valence-electron chi connectivity index (χ1n) is 8.18. The minimum Gasteiger partial charge on any atom is -0.497 e. The highest BCUT2D eigenvalue weighted by molar-refractivity contribution is 6.30. The molecule has 2 aromatic carbocycles. The Hall–Kier alpha value is -2.73. The molecule has 26 heavy (non-hydrogen) atoms. The smallest absolute Gasteiger partial charge is 0.414 e. The Kier molecular flexibility index (Phi) is 5.63. The highest BCUT2D eigenvalue weighted by Gasteiger charge is 2.32. The van der Waals surface area contributed by atoms with E-state index in [1.54, 1.807) is 31.4 Å². The number of anilines is 1. The predicted molar refractivity (Wildman–Crippen MR) is 98.8 cm³/mol. The topological polar surface area (TPSA) is 67.9 Å². The molecule has 6 nitrogen and oxygen atoms in total. The van der Waals surface area contributed by atoms with Gasteiger partial charge in [0.15, 0.2) is 0 Å². The number of ether oxygens (including phenoxy) is 2. The van der Waals surface area contributed by atoms with Crippen LogP contribution < -0.4 is 15.0 Å². The van der Waals surface area contributed by atoms with Gasteiger partial charge in [-0.2, -0.15) is 0 Å². The fourth-order valence-electron chi connectivity index (χ4n) is 2.69. The van der Waals surface area contributed by atoms with Gasteiger partial charge in [-0.3, -0.25) is 9.69 Å². The van der Waals surface area contributed by atoms with E-state index in [0.717, 1.165) is 5.56 Å². The van der Waals surface area contributed by atoms with Gasteiger partial charge in [-0.25, -0.2) is 4.79 Å². The Balaban J connectivity index is 1.52. The van der Waals surface area contributed by atoms with Gasteiger partial charge in [0.05, 0.1) is 32.3 Å². The summed E-state index contributed by atoms with van der Waals surface area (Å²) in [6.45, 7) is 0.631. The van der Waals surface area contributed by atoms with Crippen LogP contribution in [0.3, 0.4) is 0 Å². The van der Waals surface area contributed by atoms with Crippen LogP contribution in [-0.2, 0) is 16.0 Å². The number of carbonyl (C=O) groups excluding carboxylic acids is 2. The molecule has 1 atom stereocenters. The van der Waals surface area contributed by atoms with Gasteiger partial charge in [0, 0.05) is 11.1 Å². The van der Waals surface area contributed by atoms with E-state index < -0.39 is 12.2 Å². The molecular weight excluding hydrogens is 356 g/mol. The van der Waals surface area contributed by atoms with Gasteiger partial charge in [-0.1, -0.05) is 29.8 Å². The van der Waals surface area contributed by atoms with Crippen LogP contribution in [0.15, 0.2) is 48.5 Å². The molecule has 1 fully saturated rings. The normalized spacial score (nSPS) is 16.3. The summed E-state index contributed by atoms with van der Waals surface area (Å²) in [6.07, 6.45) is -0.588. The summed E-state index contributed by atoms with van der Waals surface area (Å²) in [5.74, 6) is 0.526. The van der Waals surface area contributed by atoms with Crippen molar-refractivity contribution < 1.29 is 19.1 Å². The first kappa shape index (κ1) is 18.1. The molecule has 0 aromatic heterocycles. The van der Waals surface area contributed by atoms with Gasteiger partial charge in [-0.15, -0.1) is 0 Å². The number of rotatable bonds is 6. The minimum absolute atomic E-state index is 0.136. The highest BCUT2D eigenvalue weighted by Crippen LogP contribution is 2.25. The van der Waals surface area contributed by atoms with E-state index in [-0.39, 0.29) is 18.9 Å². The molecule has 0 aliphatic carbocycles. The molecule has 1 saturated heterocycles. The van der Waals surface area contributed by atoms with Gasteiger partial charge in [-0.05, 0) is 29.8 Å². The zero-order valence-electron chi connectivity index (χ0n) is 14.3. The van der Waals surface area contributed by atoms with Gasteiger partial charge >= 0.3 is 6.09 Å². The van der Waals surface area contributed by atoms with Crippen molar-refractivity contribution in [3.8, 4) is 5.75 Å². The average Bonchev–Trinajstić information content (AvgIpc) is 3.03. The molecule has 2 amide bonds. The van der Waals surface area contributed by atoms with Crippen molar-refractivity contribution >= 4 is 29.3 Å². The van der Waals surface area contributed by atoms with Crippen molar-refractivity contribution in [2.24, 2.45) is 0 Å². The largest absolute Gasteiger partial charge is 0.497 e. The number of hydrogen-bond acceptors (Lipinski definition) is 4. The van der Waals surface area contributed by atoms with Crippen LogP contribution >= 0.6 is 11.6 Å². The van der Waals surface area contributed by atoms with Gasteiger partial charge in [0.25, 0.3) is 0 Å². The summed E-state index contributed by atoms with van der Waals surface area (Å²) in [6, 6.07) is 14.3. The maximum absolute atomic E-state index is 12.1. The molecule has 0 saturated carbocycles. The molecule has 7 heteroatoms. The van der Waals surface area contributed by atoms with Crippen LogP contribution in [0.25, 0.3) is 0 Å². The lowest BCUT2D eigenvalue weighted by Crippen LogP contribution is -2.35. The van der Waals surface area contributed by atoms with Crippen molar-refractivity contribution in [2.75, 3.05) is 25.1 Å². The third kappa shape index (κ3) is 4.46. The monoisotopic (exact) mass is 374 g/mol. The van der Waals surface area contributed by atoms with E-state index in [4.69, 9.17) is 21.1 Å². The van der Waals surface area contributed by atoms with Crippen LogP contribution in [0.1, 0.15) is 5.56 Å². The lowest BCUT2D eigenvalue weighted by molar-refractivity contribution is -0.120. The second-order valence-corrected chi connectivity index (χ2v) is 6.36. The van der Waals surface area contributed by atoms with Gasteiger partial charge in [0.1, 0.15) is 11.9 Å². The summed E-state index contributed by atoms with van der Waals surface area (Å²) in [4.78, 5) is 25.7. The Morgan fingerprint density at radius 2 is 2.08 bits per heavy atom. The number of cyclic esters (lactones) is 1. The first-order valence-corrected chi connectivity index (χ1v) is 8.56. The van der Waals surface area contributed by atoms with Crippen LogP contribution in [-0.4, -0.2) is 38.3 Å². The van der Waals surface area contributed by atoms with E-state index in [9.17, 15) is 9.59 Å². The summed E-state index contributed by atoms with van der Waals surface area (Å²) in [5, 5.41) is 3.43. The number of methoxy groups -OCH3 is 1.